The summed E-state index contributed by atoms with van der Waals surface area (Å²) in [4.78, 5) is 31.4. The summed E-state index contributed by atoms with van der Waals surface area (Å²) in [5, 5.41) is 10.2. The van der Waals surface area contributed by atoms with Crippen LogP contribution in [0.2, 0.25) is 5.02 Å². The van der Waals surface area contributed by atoms with Crippen molar-refractivity contribution in [1.82, 2.24) is 29.3 Å². The molecule has 1 aromatic carbocycles. The van der Waals surface area contributed by atoms with Gasteiger partial charge in [0.05, 0.1) is 18.9 Å². The molecular formula is C24H21ClF3N7O3. The minimum atomic E-state index is -4.79. The number of hydrogen-bond acceptors (Lipinski definition) is 6. The van der Waals surface area contributed by atoms with Gasteiger partial charge in [0.2, 0.25) is 5.91 Å². The number of nitrogens with zero attached hydrogens (tertiary/aromatic N) is 6. The van der Waals surface area contributed by atoms with Crippen LogP contribution in [0.5, 0.6) is 0 Å². The number of morpholine rings is 1. The van der Waals surface area contributed by atoms with Gasteiger partial charge < -0.3 is 15.0 Å². The highest BCUT2D eigenvalue weighted by Crippen LogP contribution is 2.34. The molecule has 0 bridgehead atoms. The molecule has 1 saturated heterocycles. The monoisotopic (exact) mass is 547 g/mol. The van der Waals surface area contributed by atoms with Gasteiger partial charge in [-0.15, -0.1) is 0 Å². The fourth-order valence-corrected chi connectivity index (χ4v) is 4.29. The molecule has 1 N–H and O–H groups in total. The molecule has 1 fully saturated rings. The Hall–Kier alpha value is -3.97. The SMILES string of the molecule is Cc1cc(NC(=O)c2nn3c(C(F)(F)F)cc(-c4ccccc4)nc3c2Cl)nn1CC(=O)N1CCOCC1. The molecule has 38 heavy (non-hydrogen) atoms. The quantitative estimate of drug-likeness (QED) is 0.408. The number of fused-ring (bicyclic) bond motifs is 1. The van der Waals surface area contributed by atoms with Crippen molar-refractivity contribution in [3.05, 3.63) is 64.6 Å². The van der Waals surface area contributed by atoms with Crippen LogP contribution in [0.15, 0.2) is 42.5 Å². The molecule has 4 heterocycles. The van der Waals surface area contributed by atoms with Crippen LogP contribution < -0.4 is 5.32 Å². The Morgan fingerprint density at radius 3 is 2.50 bits per heavy atom. The van der Waals surface area contributed by atoms with Gasteiger partial charge in [-0.05, 0) is 13.0 Å². The third kappa shape index (κ3) is 5.07. The summed E-state index contributed by atoms with van der Waals surface area (Å²) in [5.41, 5.74) is -0.842. The van der Waals surface area contributed by atoms with Gasteiger partial charge in [0, 0.05) is 30.4 Å². The van der Waals surface area contributed by atoms with E-state index in [-0.39, 0.29) is 34.6 Å². The Balaban J connectivity index is 1.43. The summed E-state index contributed by atoms with van der Waals surface area (Å²) in [6, 6.07) is 10.7. The van der Waals surface area contributed by atoms with Crippen LogP contribution in [-0.2, 0) is 22.3 Å². The highest BCUT2D eigenvalue weighted by Gasteiger charge is 2.37. The maximum Gasteiger partial charge on any atom is 0.433 e. The predicted molar refractivity (Wildman–Crippen MR) is 131 cm³/mol. The largest absolute Gasteiger partial charge is 0.433 e. The van der Waals surface area contributed by atoms with Gasteiger partial charge in [0.1, 0.15) is 11.6 Å². The van der Waals surface area contributed by atoms with E-state index in [1.165, 1.54) is 10.7 Å². The Morgan fingerprint density at radius 1 is 1.11 bits per heavy atom. The number of hydrogen-bond donors (Lipinski definition) is 1. The van der Waals surface area contributed by atoms with E-state index >= 15 is 0 Å². The normalized spacial score (nSPS) is 14.2. The fourth-order valence-electron chi connectivity index (χ4n) is 4.04. The number of nitrogens with one attached hydrogen (secondary N) is 1. The Morgan fingerprint density at radius 2 is 1.82 bits per heavy atom. The number of halogens is 4. The molecule has 5 rings (SSSR count). The van der Waals surface area contributed by atoms with E-state index in [1.54, 1.807) is 42.2 Å². The molecule has 0 spiro atoms. The average Bonchev–Trinajstić information content (AvgIpc) is 3.42. The lowest BCUT2D eigenvalue weighted by Crippen LogP contribution is -2.42. The molecule has 1 aliphatic rings. The van der Waals surface area contributed by atoms with Gasteiger partial charge in [-0.2, -0.15) is 23.4 Å². The molecule has 0 radical (unpaired) electrons. The average molecular weight is 548 g/mol. The molecule has 198 valence electrons. The number of carbonyl (C=O) groups excluding carboxylic acids is 2. The molecule has 2 amide bonds. The molecule has 3 aromatic heterocycles. The van der Waals surface area contributed by atoms with Gasteiger partial charge in [-0.25, -0.2) is 9.50 Å². The number of alkyl halides is 3. The smallest absolute Gasteiger partial charge is 0.378 e. The minimum absolute atomic E-state index is 0.0264. The number of amides is 2. The summed E-state index contributed by atoms with van der Waals surface area (Å²) in [5.74, 6) is -0.941. The molecule has 1 aliphatic heterocycles. The van der Waals surface area contributed by atoms with Crippen molar-refractivity contribution in [2.75, 3.05) is 31.6 Å². The Bertz CT molecular complexity index is 1510. The van der Waals surface area contributed by atoms with Crippen LogP contribution in [0.4, 0.5) is 19.0 Å². The van der Waals surface area contributed by atoms with Gasteiger partial charge >= 0.3 is 6.18 Å². The van der Waals surface area contributed by atoms with Crippen LogP contribution >= 0.6 is 11.6 Å². The van der Waals surface area contributed by atoms with Gasteiger partial charge in [0.25, 0.3) is 5.91 Å². The maximum absolute atomic E-state index is 13.9. The molecule has 10 nitrogen and oxygen atoms in total. The zero-order valence-electron chi connectivity index (χ0n) is 20.0. The summed E-state index contributed by atoms with van der Waals surface area (Å²) in [6.45, 7) is 3.55. The minimum Gasteiger partial charge on any atom is -0.378 e. The number of anilines is 1. The van der Waals surface area contributed by atoms with E-state index in [4.69, 9.17) is 16.3 Å². The molecule has 0 saturated carbocycles. The second-order valence-corrected chi connectivity index (χ2v) is 8.94. The van der Waals surface area contributed by atoms with Crippen molar-refractivity contribution in [2.24, 2.45) is 0 Å². The van der Waals surface area contributed by atoms with Gasteiger partial charge in [-0.1, -0.05) is 41.9 Å². The first-order valence-electron chi connectivity index (χ1n) is 11.5. The summed E-state index contributed by atoms with van der Waals surface area (Å²) in [7, 11) is 0. The third-order valence-corrected chi connectivity index (χ3v) is 6.33. The van der Waals surface area contributed by atoms with Crippen molar-refractivity contribution in [1.29, 1.82) is 0 Å². The first-order chi connectivity index (χ1) is 18.1. The number of ether oxygens (including phenoxy) is 1. The van der Waals surface area contributed by atoms with E-state index < -0.39 is 23.5 Å². The lowest BCUT2D eigenvalue weighted by Gasteiger charge is -2.26. The topological polar surface area (TPSA) is 107 Å². The van der Waals surface area contributed by atoms with Crippen molar-refractivity contribution in [3.63, 3.8) is 0 Å². The lowest BCUT2D eigenvalue weighted by molar-refractivity contribution is -0.142. The molecule has 14 heteroatoms. The zero-order valence-corrected chi connectivity index (χ0v) is 20.8. The van der Waals surface area contributed by atoms with Crippen molar-refractivity contribution < 1.29 is 27.5 Å². The first kappa shape index (κ1) is 25.7. The molecule has 4 aromatic rings. The van der Waals surface area contributed by atoms with E-state index in [0.717, 1.165) is 6.07 Å². The lowest BCUT2D eigenvalue weighted by atomic mass is 10.1. The molecule has 0 aliphatic carbocycles. The standard InChI is InChI=1S/C24H21ClF3N7O3/c1-14-11-18(31-34(14)13-19(36)33-7-9-38-10-8-33)30-23(37)21-20(25)22-29-16(15-5-3-2-4-6-15)12-17(24(26,27)28)35(22)32-21/h2-6,11-12H,7-10,13H2,1H3,(H,30,31,37). The number of carbonyl (C=O) groups is 2. The fraction of sp³-hybridized carbons (Fsp3) is 0.292. The summed E-state index contributed by atoms with van der Waals surface area (Å²) < 4.78 is 48.9. The van der Waals surface area contributed by atoms with Crippen LogP contribution in [-0.4, -0.2) is 67.4 Å². The van der Waals surface area contributed by atoms with Crippen LogP contribution in [0.25, 0.3) is 16.9 Å². The van der Waals surface area contributed by atoms with Crippen LogP contribution in [0, 0.1) is 6.92 Å². The van der Waals surface area contributed by atoms with Gasteiger partial charge in [-0.3, -0.25) is 14.3 Å². The van der Waals surface area contributed by atoms with E-state index in [0.29, 0.717) is 42.1 Å². The second-order valence-electron chi connectivity index (χ2n) is 8.56. The Labute approximate surface area is 219 Å². The van der Waals surface area contributed by atoms with Crippen LogP contribution in [0.1, 0.15) is 21.9 Å². The summed E-state index contributed by atoms with van der Waals surface area (Å²) in [6.07, 6.45) is -4.79. The zero-order chi connectivity index (χ0) is 27.0. The van der Waals surface area contributed by atoms with Crippen molar-refractivity contribution in [3.8, 4) is 11.3 Å². The van der Waals surface area contributed by atoms with E-state index in [9.17, 15) is 22.8 Å². The summed E-state index contributed by atoms with van der Waals surface area (Å²) >= 11 is 6.33. The van der Waals surface area contributed by atoms with Crippen LogP contribution in [0.3, 0.4) is 0 Å². The highest BCUT2D eigenvalue weighted by molar-refractivity contribution is 6.37. The Kier molecular flexibility index (Phi) is 6.80. The number of rotatable bonds is 5. The second kappa shape index (κ2) is 10.1. The highest BCUT2D eigenvalue weighted by atomic mass is 35.5. The van der Waals surface area contributed by atoms with E-state index in [1.807, 2.05) is 0 Å². The molecular weight excluding hydrogens is 527 g/mol. The number of aryl methyl sites for hydroxylation is 1. The third-order valence-electron chi connectivity index (χ3n) is 5.98. The maximum atomic E-state index is 13.9. The van der Waals surface area contributed by atoms with Crippen molar-refractivity contribution >= 4 is 34.9 Å². The predicted octanol–water partition coefficient (Wildman–Crippen LogP) is 3.68. The molecule has 0 atom stereocenters. The van der Waals surface area contributed by atoms with Crippen molar-refractivity contribution in [2.45, 2.75) is 19.6 Å². The van der Waals surface area contributed by atoms with Gasteiger partial charge in [0.15, 0.2) is 22.9 Å². The first-order valence-corrected chi connectivity index (χ1v) is 11.9. The van der Waals surface area contributed by atoms with E-state index in [2.05, 4.69) is 20.5 Å². The number of benzene rings is 1. The molecule has 0 unspecified atom stereocenters. The number of aromatic nitrogens is 5.